The number of nitrogens with zero attached hydrogens (tertiary/aromatic N) is 5. The summed E-state index contributed by atoms with van der Waals surface area (Å²) in [4.78, 5) is 12.7. The number of imidazole rings is 1. The number of aryl methyl sites for hydroxylation is 1. The van der Waals surface area contributed by atoms with E-state index >= 15 is 0 Å². The van der Waals surface area contributed by atoms with E-state index in [2.05, 4.69) is 20.2 Å². The molecule has 6 nitrogen and oxygen atoms in total. The molecule has 10 heteroatoms. The summed E-state index contributed by atoms with van der Waals surface area (Å²) in [5.74, 6) is 1.67. The lowest BCUT2D eigenvalue weighted by molar-refractivity contribution is -0.137. The SMILES string of the molecule is CN=C(NCc1nccn1C)N1CCN(c2cccc(C(F)(F)F)c2)CC1.I. The molecule has 0 atom stereocenters. The van der Waals surface area contributed by atoms with Crippen LogP contribution in [0.4, 0.5) is 18.9 Å². The molecule has 2 heterocycles. The highest BCUT2D eigenvalue weighted by Gasteiger charge is 2.31. The van der Waals surface area contributed by atoms with Crippen molar-refractivity contribution in [1.29, 1.82) is 0 Å². The standard InChI is InChI=1S/C18H23F3N6.HI/c1-22-17(24-13-16-23-6-7-25(16)2)27-10-8-26(9-11-27)15-5-3-4-14(12-15)18(19,20)21;/h3-7,12H,8-11,13H2,1-2H3,(H,22,24);1H. The molecule has 0 aliphatic carbocycles. The minimum absolute atomic E-state index is 0. The van der Waals surface area contributed by atoms with Crippen molar-refractivity contribution in [3.05, 3.63) is 48.0 Å². The minimum atomic E-state index is -4.32. The van der Waals surface area contributed by atoms with Crippen LogP contribution in [0.15, 0.2) is 41.7 Å². The van der Waals surface area contributed by atoms with Gasteiger partial charge in [0.25, 0.3) is 0 Å². The van der Waals surface area contributed by atoms with Crippen LogP contribution in [0.25, 0.3) is 0 Å². The van der Waals surface area contributed by atoms with Gasteiger partial charge in [0, 0.05) is 58.4 Å². The van der Waals surface area contributed by atoms with Crippen molar-refractivity contribution in [3.8, 4) is 0 Å². The van der Waals surface area contributed by atoms with Crippen molar-refractivity contribution < 1.29 is 13.2 Å². The zero-order chi connectivity index (χ0) is 19.4. The molecule has 1 N–H and O–H groups in total. The van der Waals surface area contributed by atoms with Gasteiger partial charge in [-0.05, 0) is 18.2 Å². The topological polar surface area (TPSA) is 48.7 Å². The van der Waals surface area contributed by atoms with Gasteiger partial charge in [0.15, 0.2) is 5.96 Å². The molecule has 0 bridgehead atoms. The van der Waals surface area contributed by atoms with Gasteiger partial charge >= 0.3 is 6.18 Å². The zero-order valence-electron chi connectivity index (χ0n) is 15.8. The second-order valence-corrected chi connectivity index (χ2v) is 6.38. The highest BCUT2D eigenvalue weighted by Crippen LogP contribution is 2.31. The van der Waals surface area contributed by atoms with E-state index in [0.29, 0.717) is 38.4 Å². The number of benzene rings is 1. The molecule has 0 radical (unpaired) electrons. The summed E-state index contributed by atoms with van der Waals surface area (Å²) in [5.41, 5.74) is -0.0181. The Labute approximate surface area is 179 Å². The predicted molar refractivity (Wildman–Crippen MR) is 114 cm³/mol. The van der Waals surface area contributed by atoms with Gasteiger partial charge in [-0.15, -0.1) is 24.0 Å². The molecule has 0 unspecified atom stereocenters. The van der Waals surface area contributed by atoms with Gasteiger partial charge in [0.1, 0.15) is 5.82 Å². The number of nitrogens with one attached hydrogen (secondary N) is 1. The van der Waals surface area contributed by atoms with E-state index in [4.69, 9.17) is 0 Å². The number of halogens is 4. The van der Waals surface area contributed by atoms with Gasteiger partial charge < -0.3 is 19.7 Å². The summed E-state index contributed by atoms with van der Waals surface area (Å²) < 4.78 is 40.7. The van der Waals surface area contributed by atoms with E-state index in [-0.39, 0.29) is 24.0 Å². The van der Waals surface area contributed by atoms with Gasteiger partial charge in [-0.2, -0.15) is 13.2 Å². The third-order valence-electron chi connectivity index (χ3n) is 4.66. The lowest BCUT2D eigenvalue weighted by Crippen LogP contribution is -2.52. The summed E-state index contributed by atoms with van der Waals surface area (Å²) in [7, 11) is 3.65. The number of piperazine rings is 1. The molecule has 0 spiro atoms. The molecule has 3 rings (SSSR count). The number of rotatable bonds is 3. The zero-order valence-corrected chi connectivity index (χ0v) is 18.1. The average molecular weight is 508 g/mol. The largest absolute Gasteiger partial charge is 0.416 e. The van der Waals surface area contributed by atoms with Crippen LogP contribution < -0.4 is 10.2 Å². The second-order valence-electron chi connectivity index (χ2n) is 6.38. The Balaban J connectivity index is 0.00000280. The summed E-state index contributed by atoms with van der Waals surface area (Å²) in [6.45, 7) is 3.17. The van der Waals surface area contributed by atoms with Gasteiger partial charge in [-0.3, -0.25) is 4.99 Å². The van der Waals surface area contributed by atoms with Gasteiger partial charge in [0.2, 0.25) is 0 Å². The number of hydrogen-bond donors (Lipinski definition) is 1. The van der Waals surface area contributed by atoms with Gasteiger partial charge in [0.05, 0.1) is 12.1 Å². The Morgan fingerprint density at radius 1 is 1.21 bits per heavy atom. The molecular weight excluding hydrogens is 484 g/mol. The fourth-order valence-corrected chi connectivity index (χ4v) is 3.11. The predicted octanol–water partition coefficient (Wildman–Crippen LogP) is 2.95. The molecule has 154 valence electrons. The summed E-state index contributed by atoms with van der Waals surface area (Å²) >= 11 is 0. The third-order valence-corrected chi connectivity index (χ3v) is 4.66. The van der Waals surface area contributed by atoms with Crippen LogP contribution in [0.2, 0.25) is 0 Å². The summed E-state index contributed by atoms with van der Waals surface area (Å²) in [6.07, 6.45) is -0.698. The van der Waals surface area contributed by atoms with E-state index in [9.17, 15) is 13.2 Å². The molecule has 1 aliphatic heterocycles. The number of guanidine groups is 1. The molecule has 0 saturated carbocycles. The quantitative estimate of drug-likeness (QED) is 0.394. The molecule has 1 aromatic carbocycles. The van der Waals surface area contributed by atoms with Crippen molar-refractivity contribution in [1.82, 2.24) is 19.8 Å². The lowest BCUT2D eigenvalue weighted by atomic mass is 10.1. The number of anilines is 1. The normalized spacial score (nSPS) is 15.4. The molecule has 1 fully saturated rings. The van der Waals surface area contributed by atoms with Crippen molar-refractivity contribution in [2.45, 2.75) is 12.7 Å². The van der Waals surface area contributed by atoms with Crippen LogP contribution in [0.1, 0.15) is 11.4 Å². The number of aromatic nitrogens is 2. The van der Waals surface area contributed by atoms with Gasteiger partial charge in [-0.25, -0.2) is 4.98 Å². The van der Waals surface area contributed by atoms with E-state index in [1.54, 1.807) is 19.3 Å². The van der Waals surface area contributed by atoms with E-state index in [1.807, 2.05) is 22.7 Å². The Morgan fingerprint density at radius 3 is 2.50 bits per heavy atom. The highest BCUT2D eigenvalue weighted by molar-refractivity contribution is 14.0. The van der Waals surface area contributed by atoms with Crippen LogP contribution in [0.5, 0.6) is 0 Å². The fraction of sp³-hybridized carbons (Fsp3) is 0.444. The Morgan fingerprint density at radius 2 is 1.93 bits per heavy atom. The first-order valence-corrected chi connectivity index (χ1v) is 8.72. The minimum Gasteiger partial charge on any atom is -0.368 e. The molecule has 1 aliphatic rings. The van der Waals surface area contributed by atoms with Crippen LogP contribution in [-0.2, 0) is 19.8 Å². The molecule has 28 heavy (non-hydrogen) atoms. The summed E-state index contributed by atoms with van der Waals surface area (Å²) in [5, 5.41) is 3.29. The maximum Gasteiger partial charge on any atom is 0.416 e. The van der Waals surface area contributed by atoms with E-state index in [1.165, 1.54) is 12.1 Å². The molecule has 1 saturated heterocycles. The van der Waals surface area contributed by atoms with Crippen molar-refractivity contribution >= 4 is 35.6 Å². The average Bonchev–Trinajstić information content (AvgIpc) is 3.07. The number of hydrogen-bond acceptors (Lipinski definition) is 3. The molecule has 2 aromatic rings. The third kappa shape index (κ3) is 5.30. The number of alkyl halides is 3. The molecule has 1 aromatic heterocycles. The first-order chi connectivity index (χ1) is 12.9. The smallest absolute Gasteiger partial charge is 0.368 e. The molecule has 0 amide bonds. The molecular formula is C18H24F3IN6. The monoisotopic (exact) mass is 508 g/mol. The Kier molecular flexibility index (Phi) is 7.55. The number of aliphatic imine (C=N–C) groups is 1. The van der Waals surface area contributed by atoms with Crippen molar-refractivity contribution in [2.75, 3.05) is 38.1 Å². The van der Waals surface area contributed by atoms with E-state index < -0.39 is 11.7 Å². The van der Waals surface area contributed by atoms with Crippen LogP contribution in [0, 0.1) is 0 Å². The van der Waals surface area contributed by atoms with Crippen LogP contribution in [-0.4, -0.2) is 53.6 Å². The van der Waals surface area contributed by atoms with Crippen LogP contribution in [0.3, 0.4) is 0 Å². The summed E-state index contributed by atoms with van der Waals surface area (Å²) in [6, 6.07) is 5.49. The van der Waals surface area contributed by atoms with Crippen LogP contribution >= 0.6 is 24.0 Å². The first kappa shape index (κ1) is 22.3. The van der Waals surface area contributed by atoms with Crippen molar-refractivity contribution in [3.63, 3.8) is 0 Å². The first-order valence-electron chi connectivity index (χ1n) is 8.72. The maximum absolute atomic E-state index is 12.9. The van der Waals surface area contributed by atoms with Gasteiger partial charge in [-0.1, -0.05) is 6.07 Å². The Bertz CT molecular complexity index is 797. The van der Waals surface area contributed by atoms with E-state index in [0.717, 1.165) is 17.9 Å². The second kappa shape index (κ2) is 9.48. The highest BCUT2D eigenvalue weighted by atomic mass is 127. The van der Waals surface area contributed by atoms with Crippen molar-refractivity contribution in [2.24, 2.45) is 12.0 Å². The Hall–Kier alpha value is -1.98. The maximum atomic E-state index is 12.9. The lowest BCUT2D eigenvalue weighted by Gasteiger charge is -2.37. The fourth-order valence-electron chi connectivity index (χ4n) is 3.11.